The first-order chi connectivity index (χ1) is 15.3. The first-order valence-corrected chi connectivity index (χ1v) is 11.2. The second-order valence-electron chi connectivity index (χ2n) is 8.86. The van der Waals surface area contributed by atoms with E-state index in [1.807, 2.05) is 13.8 Å². The third-order valence-corrected chi connectivity index (χ3v) is 6.42. The fourth-order valence-electron chi connectivity index (χ4n) is 4.28. The predicted octanol–water partition coefficient (Wildman–Crippen LogP) is 4.36. The van der Waals surface area contributed by atoms with Crippen LogP contribution in [0.5, 0.6) is 0 Å². The number of nitrogens with zero attached hydrogens (tertiary/aromatic N) is 3. The largest absolute Gasteiger partial charge is 0.477 e. The van der Waals surface area contributed by atoms with Crippen LogP contribution in [-0.2, 0) is 0 Å². The number of aromatic carboxylic acids is 1. The van der Waals surface area contributed by atoms with E-state index in [9.17, 15) is 14.3 Å². The fraction of sp³-hybridized carbons (Fsp3) is 0.458. The molecule has 2 aromatic rings. The van der Waals surface area contributed by atoms with Gasteiger partial charge in [0.1, 0.15) is 11.6 Å². The zero-order chi connectivity index (χ0) is 22.8. The van der Waals surface area contributed by atoms with Gasteiger partial charge in [-0.05, 0) is 49.1 Å². The van der Waals surface area contributed by atoms with Gasteiger partial charge in [0.2, 0.25) is 0 Å². The molecule has 8 heteroatoms. The second-order valence-corrected chi connectivity index (χ2v) is 8.86. The molecular formula is C24H30FN5O2. The van der Waals surface area contributed by atoms with E-state index in [0.29, 0.717) is 34.5 Å². The van der Waals surface area contributed by atoms with Crippen LogP contribution in [0.1, 0.15) is 49.2 Å². The minimum atomic E-state index is -1.12. The van der Waals surface area contributed by atoms with Gasteiger partial charge in [-0.15, -0.1) is 0 Å². The Bertz CT molecular complexity index is 996. The van der Waals surface area contributed by atoms with Crippen molar-refractivity contribution in [3.63, 3.8) is 0 Å². The first kappa shape index (κ1) is 22.2. The third kappa shape index (κ3) is 4.60. The van der Waals surface area contributed by atoms with Crippen molar-refractivity contribution in [3.8, 4) is 0 Å². The predicted molar refractivity (Wildman–Crippen MR) is 124 cm³/mol. The van der Waals surface area contributed by atoms with E-state index in [4.69, 9.17) is 5.41 Å². The Kier molecular flexibility index (Phi) is 6.41. The SMILES string of the molecule is CC(C)C(=N)c1c(N2CCN(C3CCC3)CC2)cc(C(=O)O)nc1Nc1ccc(F)cc1. The summed E-state index contributed by atoms with van der Waals surface area (Å²) in [6.07, 6.45) is 3.81. The molecule has 0 unspecified atom stereocenters. The molecule has 1 aromatic heterocycles. The number of carboxylic acids is 1. The van der Waals surface area contributed by atoms with Crippen molar-refractivity contribution >= 4 is 28.9 Å². The van der Waals surface area contributed by atoms with Crippen molar-refractivity contribution in [3.05, 3.63) is 47.4 Å². The molecule has 4 rings (SSSR count). The number of carbonyl (C=O) groups is 1. The lowest BCUT2D eigenvalue weighted by Gasteiger charge is -2.44. The average molecular weight is 440 g/mol. The van der Waals surface area contributed by atoms with Gasteiger partial charge in [0.25, 0.3) is 0 Å². The number of halogens is 1. The lowest BCUT2D eigenvalue weighted by atomic mass is 9.91. The number of anilines is 3. The molecule has 1 aliphatic carbocycles. The van der Waals surface area contributed by atoms with Gasteiger partial charge in [-0.2, -0.15) is 0 Å². The number of aromatic nitrogens is 1. The van der Waals surface area contributed by atoms with E-state index < -0.39 is 5.97 Å². The van der Waals surface area contributed by atoms with Crippen LogP contribution in [0.4, 0.5) is 21.6 Å². The molecule has 3 N–H and O–H groups in total. The number of pyridine rings is 1. The molecule has 0 atom stereocenters. The van der Waals surface area contributed by atoms with E-state index >= 15 is 0 Å². The van der Waals surface area contributed by atoms with E-state index in [-0.39, 0.29) is 17.4 Å². The Morgan fingerprint density at radius 2 is 1.84 bits per heavy atom. The molecule has 1 aromatic carbocycles. The van der Waals surface area contributed by atoms with Gasteiger partial charge in [-0.1, -0.05) is 20.3 Å². The Balaban J connectivity index is 1.72. The van der Waals surface area contributed by atoms with Crippen LogP contribution < -0.4 is 10.2 Å². The minimum absolute atomic E-state index is 0.0729. The summed E-state index contributed by atoms with van der Waals surface area (Å²) in [5.41, 5.74) is 2.21. The van der Waals surface area contributed by atoms with Gasteiger partial charge in [0.05, 0.1) is 11.3 Å². The molecule has 7 nitrogen and oxygen atoms in total. The monoisotopic (exact) mass is 439 g/mol. The summed E-state index contributed by atoms with van der Waals surface area (Å²) in [6, 6.07) is 8.07. The average Bonchev–Trinajstić information content (AvgIpc) is 2.73. The Morgan fingerprint density at radius 1 is 1.19 bits per heavy atom. The topological polar surface area (TPSA) is 92.6 Å². The molecule has 0 amide bonds. The molecule has 1 saturated heterocycles. The highest BCUT2D eigenvalue weighted by Crippen LogP contribution is 2.34. The van der Waals surface area contributed by atoms with Crippen LogP contribution in [0.3, 0.4) is 0 Å². The summed E-state index contributed by atoms with van der Waals surface area (Å²) in [7, 11) is 0. The van der Waals surface area contributed by atoms with Crippen LogP contribution >= 0.6 is 0 Å². The molecule has 32 heavy (non-hydrogen) atoms. The normalized spacial score (nSPS) is 17.3. The number of benzene rings is 1. The molecule has 2 fully saturated rings. The number of rotatable bonds is 7. The van der Waals surface area contributed by atoms with Crippen LogP contribution in [0.25, 0.3) is 0 Å². The first-order valence-electron chi connectivity index (χ1n) is 11.2. The highest BCUT2D eigenvalue weighted by atomic mass is 19.1. The number of piperazine rings is 1. The molecular weight excluding hydrogens is 409 g/mol. The lowest BCUT2D eigenvalue weighted by Crippen LogP contribution is -2.52. The van der Waals surface area contributed by atoms with Crippen molar-refractivity contribution in [1.82, 2.24) is 9.88 Å². The van der Waals surface area contributed by atoms with Crippen molar-refractivity contribution < 1.29 is 14.3 Å². The Hall–Kier alpha value is -3.00. The standard InChI is InChI=1S/C24H30FN5O2/c1-15(2)22(26)21-20(30-12-10-29(11-13-30)18-4-3-5-18)14-19(24(31)32)28-23(21)27-17-8-6-16(25)7-9-17/h6-9,14-15,18,26H,3-5,10-13H2,1-2H3,(H,27,28)(H,31,32). The van der Waals surface area contributed by atoms with Crippen molar-refractivity contribution in [2.24, 2.45) is 5.92 Å². The maximum atomic E-state index is 13.4. The summed E-state index contributed by atoms with van der Waals surface area (Å²) in [4.78, 5) is 20.9. The van der Waals surface area contributed by atoms with E-state index in [0.717, 1.165) is 26.2 Å². The maximum Gasteiger partial charge on any atom is 0.354 e. The van der Waals surface area contributed by atoms with Crippen molar-refractivity contribution in [2.45, 2.75) is 39.2 Å². The molecule has 0 radical (unpaired) electrons. The van der Waals surface area contributed by atoms with Gasteiger partial charge < -0.3 is 20.7 Å². The van der Waals surface area contributed by atoms with Gasteiger partial charge in [-0.3, -0.25) is 4.90 Å². The summed E-state index contributed by atoms with van der Waals surface area (Å²) >= 11 is 0. The lowest BCUT2D eigenvalue weighted by molar-refractivity contribution is 0.0690. The summed E-state index contributed by atoms with van der Waals surface area (Å²) in [5.74, 6) is -1.24. The summed E-state index contributed by atoms with van der Waals surface area (Å²) in [6.45, 7) is 7.26. The van der Waals surface area contributed by atoms with E-state index in [2.05, 4.69) is 20.1 Å². The molecule has 0 spiro atoms. The van der Waals surface area contributed by atoms with Gasteiger partial charge in [0.15, 0.2) is 5.69 Å². The zero-order valence-electron chi connectivity index (χ0n) is 18.6. The molecule has 1 aliphatic heterocycles. The second kappa shape index (κ2) is 9.24. The summed E-state index contributed by atoms with van der Waals surface area (Å²) in [5, 5.41) is 21.6. The molecule has 0 bridgehead atoms. The third-order valence-electron chi connectivity index (χ3n) is 6.42. The quantitative estimate of drug-likeness (QED) is 0.555. The number of hydrogen-bond acceptors (Lipinski definition) is 6. The van der Waals surface area contributed by atoms with Crippen molar-refractivity contribution in [2.75, 3.05) is 36.4 Å². The van der Waals surface area contributed by atoms with Gasteiger partial charge in [-0.25, -0.2) is 14.2 Å². The van der Waals surface area contributed by atoms with Gasteiger partial charge >= 0.3 is 5.97 Å². The highest BCUT2D eigenvalue weighted by molar-refractivity contribution is 6.09. The molecule has 2 aliphatic rings. The van der Waals surface area contributed by atoms with Crippen LogP contribution in [0.15, 0.2) is 30.3 Å². The number of carboxylic acid groups (broad SMARTS) is 1. The van der Waals surface area contributed by atoms with E-state index in [1.165, 1.54) is 31.4 Å². The molecule has 1 saturated carbocycles. The molecule has 170 valence electrons. The van der Waals surface area contributed by atoms with E-state index in [1.54, 1.807) is 18.2 Å². The molecule has 2 heterocycles. The maximum absolute atomic E-state index is 13.4. The van der Waals surface area contributed by atoms with Gasteiger partial charge in [0, 0.05) is 43.6 Å². The highest BCUT2D eigenvalue weighted by Gasteiger charge is 2.30. The van der Waals surface area contributed by atoms with Crippen molar-refractivity contribution in [1.29, 1.82) is 5.41 Å². The zero-order valence-corrected chi connectivity index (χ0v) is 18.6. The van der Waals surface area contributed by atoms with Crippen LogP contribution in [-0.4, -0.2) is 58.9 Å². The summed E-state index contributed by atoms with van der Waals surface area (Å²) < 4.78 is 13.4. The number of nitrogens with one attached hydrogen (secondary N) is 2. The number of hydrogen-bond donors (Lipinski definition) is 3. The Labute approximate surface area is 187 Å². The Morgan fingerprint density at radius 3 is 2.38 bits per heavy atom. The smallest absolute Gasteiger partial charge is 0.354 e. The van der Waals surface area contributed by atoms with Crippen LogP contribution in [0.2, 0.25) is 0 Å². The minimum Gasteiger partial charge on any atom is -0.477 e. The van der Waals surface area contributed by atoms with Crippen LogP contribution in [0, 0.1) is 17.1 Å². The fourth-order valence-corrected chi connectivity index (χ4v) is 4.28.